The molecule has 1 aromatic heterocycles. The molecule has 4 heteroatoms. The number of aromatic nitrogens is 1. The number of hydrogen-bond acceptors (Lipinski definition) is 3. The third kappa shape index (κ3) is 2.93. The van der Waals surface area contributed by atoms with Gasteiger partial charge in [0.05, 0.1) is 11.6 Å². The van der Waals surface area contributed by atoms with Gasteiger partial charge in [-0.05, 0) is 24.0 Å². The lowest BCUT2D eigenvalue weighted by Gasteiger charge is -2.61. The molecule has 1 unspecified atom stereocenters. The summed E-state index contributed by atoms with van der Waals surface area (Å²) in [7, 11) is 0. The van der Waals surface area contributed by atoms with Crippen LogP contribution in [0.2, 0.25) is 0 Å². The summed E-state index contributed by atoms with van der Waals surface area (Å²) in [6.07, 6.45) is 10.1. The lowest BCUT2D eigenvalue weighted by Crippen LogP contribution is -2.73. The van der Waals surface area contributed by atoms with E-state index in [9.17, 15) is 4.79 Å². The van der Waals surface area contributed by atoms with E-state index in [1.807, 2.05) is 24.4 Å². The minimum atomic E-state index is -0.0866. The van der Waals surface area contributed by atoms with Gasteiger partial charge in [-0.2, -0.15) is 0 Å². The fourth-order valence-corrected chi connectivity index (χ4v) is 4.46. The number of carbonyl (C=O) groups excluding carboxylic acids is 1. The zero-order chi connectivity index (χ0) is 17.7. The van der Waals surface area contributed by atoms with Gasteiger partial charge in [-0.25, -0.2) is 0 Å². The Morgan fingerprint density at radius 1 is 1.24 bits per heavy atom. The van der Waals surface area contributed by atoms with Gasteiger partial charge in [0.1, 0.15) is 0 Å². The Hall–Kier alpha value is -1.94. The average Bonchev–Trinajstić information content (AvgIpc) is 2.49. The summed E-state index contributed by atoms with van der Waals surface area (Å²) in [4.78, 5) is 21.9. The summed E-state index contributed by atoms with van der Waals surface area (Å²) >= 11 is 0. The number of pyridine rings is 1. The Labute approximate surface area is 150 Å². The first-order chi connectivity index (χ1) is 11.9. The first kappa shape index (κ1) is 16.5. The van der Waals surface area contributed by atoms with Crippen LogP contribution in [0.25, 0.3) is 0 Å². The summed E-state index contributed by atoms with van der Waals surface area (Å²) in [5.74, 6) is 0.262. The number of allylic oxidation sites excluding steroid dienone is 3. The van der Waals surface area contributed by atoms with Gasteiger partial charge in [-0.15, -0.1) is 0 Å². The molecular formula is C21H27N3O. The highest BCUT2D eigenvalue weighted by molar-refractivity contribution is 5.83. The molecular weight excluding hydrogens is 310 g/mol. The zero-order valence-corrected chi connectivity index (χ0v) is 15.4. The van der Waals surface area contributed by atoms with E-state index in [0.29, 0.717) is 5.41 Å². The minimum absolute atomic E-state index is 0.0257. The van der Waals surface area contributed by atoms with Crippen molar-refractivity contribution in [2.45, 2.75) is 27.3 Å². The Kier molecular flexibility index (Phi) is 3.84. The van der Waals surface area contributed by atoms with Crippen LogP contribution in [-0.2, 0) is 11.3 Å². The maximum absolute atomic E-state index is 12.9. The number of nitrogens with zero attached hydrogens (tertiary/aromatic N) is 3. The summed E-state index contributed by atoms with van der Waals surface area (Å²) in [5, 5.41) is 0. The maximum Gasteiger partial charge on any atom is 0.230 e. The first-order valence-corrected chi connectivity index (χ1v) is 9.16. The molecule has 3 heterocycles. The van der Waals surface area contributed by atoms with Gasteiger partial charge in [0, 0.05) is 44.3 Å². The highest BCUT2D eigenvalue weighted by atomic mass is 16.2. The SMILES string of the molecule is Cc1cccnc1CN1CC2(C1)CN(C(=O)C1C=CC=CC1(C)C)C2. The van der Waals surface area contributed by atoms with Gasteiger partial charge in [0.2, 0.25) is 5.91 Å². The quantitative estimate of drug-likeness (QED) is 0.851. The summed E-state index contributed by atoms with van der Waals surface area (Å²) in [6, 6.07) is 4.11. The predicted octanol–water partition coefficient (Wildman–Crippen LogP) is 2.80. The van der Waals surface area contributed by atoms with Crippen molar-refractivity contribution in [2.24, 2.45) is 16.7 Å². The van der Waals surface area contributed by atoms with Crippen molar-refractivity contribution in [3.8, 4) is 0 Å². The van der Waals surface area contributed by atoms with Gasteiger partial charge in [0.15, 0.2) is 0 Å². The van der Waals surface area contributed by atoms with Gasteiger partial charge in [-0.3, -0.25) is 14.7 Å². The molecule has 4 rings (SSSR count). The molecule has 0 bridgehead atoms. The van der Waals surface area contributed by atoms with Crippen LogP contribution in [0.15, 0.2) is 42.6 Å². The second kappa shape index (κ2) is 5.80. The second-order valence-electron chi connectivity index (χ2n) is 8.65. The molecule has 3 aliphatic rings. The van der Waals surface area contributed by atoms with Crippen molar-refractivity contribution < 1.29 is 4.79 Å². The molecule has 1 amide bonds. The van der Waals surface area contributed by atoms with Crippen LogP contribution in [0.1, 0.15) is 25.1 Å². The van der Waals surface area contributed by atoms with Crippen LogP contribution in [0, 0.1) is 23.7 Å². The molecule has 25 heavy (non-hydrogen) atoms. The number of aryl methyl sites for hydroxylation is 1. The number of hydrogen-bond donors (Lipinski definition) is 0. The van der Waals surface area contributed by atoms with Crippen LogP contribution in [0.3, 0.4) is 0 Å². The Morgan fingerprint density at radius 2 is 2.00 bits per heavy atom. The zero-order valence-electron chi connectivity index (χ0n) is 15.4. The monoisotopic (exact) mass is 337 g/mol. The number of rotatable bonds is 3. The standard InChI is InChI=1S/C21H27N3O/c1-16-7-6-10-22-18(16)11-23-12-21(13-23)14-24(15-21)19(25)17-8-4-5-9-20(17,2)3/h4-10,17H,11-15H2,1-3H3. The van der Waals surface area contributed by atoms with Crippen molar-refractivity contribution >= 4 is 5.91 Å². The molecule has 2 fully saturated rings. The molecule has 132 valence electrons. The van der Waals surface area contributed by atoms with Gasteiger partial charge in [0.25, 0.3) is 0 Å². The normalized spacial score (nSPS) is 26.4. The van der Waals surface area contributed by atoms with E-state index < -0.39 is 0 Å². The highest BCUT2D eigenvalue weighted by Crippen LogP contribution is 2.43. The third-order valence-corrected chi connectivity index (χ3v) is 5.98. The van der Waals surface area contributed by atoms with Crippen LogP contribution in [0.5, 0.6) is 0 Å². The van der Waals surface area contributed by atoms with E-state index in [2.05, 4.69) is 53.8 Å². The molecule has 1 atom stereocenters. The maximum atomic E-state index is 12.9. The topological polar surface area (TPSA) is 36.4 Å². The number of carbonyl (C=O) groups is 1. The summed E-state index contributed by atoms with van der Waals surface area (Å²) in [6.45, 7) is 11.3. The van der Waals surface area contributed by atoms with Gasteiger partial charge in [-0.1, -0.05) is 44.2 Å². The number of amides is 1. The Morgan fingerprint density at radius 3 is 2.68 bits per heavy atom. The predicted molar refractivity (Wildman–Crippen MR) is 98.8 cm³/mol. The van der Waals surface area contributed by atoms with Crippen molar-refractivity contribution in [1.82, 2.24) is 14.8 Å². The van der Waals surface area contributed by atoms with E-state index in [1.54, 1.807) is 0 Å². The Bertz CT molecular complexity index is 735. The molecule has 0 aromatic carbocycles. The highest BCUT2D eigenvalue weighted by Gasteiger charge is 2.54. The molecule has 0 radical (unpaired) electrons. The van der Waals surface area contributed by atoms with Crippen LogP contribution >= 0.6 is 0 Å². The molecule has 2 saturated heterocycles. The molecule has 1 aromatic rings. The largest absolute Gasteiger partial charge is 0.341 e. The average molecular weight is 337 g/mol. The van der Waals surface area contributed by atoms with Crippen molar-refractivity contribution in [2.75, 3.05) is 26.2 Å². The molecule has 2 aliphatic heterocycles. The van der Waals surface area contributed by atoms with E-state index in [-0.39, 0.29) is 17.2 Å². The van der Waals surface area contributed by atoms with Crippen molar-refractivity contribution in [1.29, 1.82) is 0 Å². The minimum Gasteiger partial charge on any atom is -0.341 e. The molecule has 0 N–H and O–H groups in total. The third-order valence-electron chi connectivity index (χ3n) is 5.98. The fourth-order valence-electron chi connectivity index (χ4n) is 4.46. The van der Waals surface area contributed by atoms with Gasteiger partial charge < -0.3 is 4.90 Å². The van der Waals surface area contributed by atoms with Crippen LogP contribution in [-0.4, -0.2) is 46.9 Å². The lowest BCUT2D eigenvalue weighted by atomic mass is 9.70. The van der Waals surface area contributed by atoms with Crippen molar-refractivity contribution in [3.05, 3.63) is 53.9 Å². The first-order valence-electron chi connectivity index (χ1n) is 9.16. The summed E-state index contributed by atoms with van der Waals surface area (Å²) in [5.41, 5.74) is 2.67. The van der Waals surface area contributed by atoms with Crippen LogP contribution in [0.4, 0.5) is 0 Å². The van der Waals surface area contributed by atoms with E-state index >= 15 is 0 Å². The molecule has 1 aliphatic carbocycles. The molecule has 1 spiro atoms. The number of likely N-dealkylation sites (tertiary alicyclic amines) is 2. The van der Waals surface area contributed by atoms with Gasteiger partial charge >= 0.3 is 0 Å². The molecule has 4 nitrogen and oxygen atoms in total. The summed E-state index contributed by atoms with van der Waals surface area (Å²) < 4.78 is 0. The second-order valence-corrected chi connectivity index (χ2v) is 8.65. The smallest absolute Gasteiger partial charge is 0.230 e. The van der Waals surface area contributed by atoms with E-state index in [4.69, 9.17) is 0 Å². The lowest BCUT2D eigenvalue weighted by molar-refractivity contribution is -0.164. The van der Waals surface area contributed by atoms with E-state index in [1.165, 1.54) is 11.3 Å². The Balaban J connectivity index is 1.30. The molecule has 0 saturated carbocycles. The van der Waals surface area contributed by atoms with E-state index in [0.717, 1.165) is 32.7 Å². The van der Waals surface area contributed by atoms with Crippen molar-refractivity contribution in [3.63, 3.8) is 0 Å². The van der Waals surface area contributed by atoms with Crippen LogP contribution < -0.4 is 0 Å². The fraction of sp³-hybridized carbons (Fsp3) is 0.524.